The normalized spacial score (nSPS) is 31.5. The van der Waals surface area contributed by atoms with Gasteiger partial charge in [-0.2, -0.15) is 5.26 Å². The summed E-state index contributed by atoms with van der Waals surface area (Å²) in [5.41, 5.74) is 1.57. The highest BCUT2D eigenvalue weighted by Crippen LogP contribution is 2.40. The highest BCUT2D eigenvalue weighted by atomic mass is 14.3. The van der Waals surface area contributed by atoms with Crippen molar-refractivity contribution in [3.05, 3.63) is 12.2 Å². The summed E-state index contributed by atoms with van der Waals surface area (Å²) in [6.07, 6.45) is 5.32. The fourth-order valence-corrected chi connectivity index (χ4v) is 1.89. The minimum absolute atomic E-state index is 0.240. The van der Waals surface area contributed by atoms with Gasteiger partial charge in [0.25, 0.3) is 0 Å². The molecule has 0 radical (unpaired) electrons. The van der Waals surface area contributed by atoms with Gasteiger partial charge in [0.1, 0.15) is 0 Å². The molecule has 1 unspecified atom stereocenters. The molecule has 11 heavy (non-hydrogen) atoms. The van der Waals surface area contributed by atoms with Crippen LogP contribution in [0.1, 0.15) is 39.0 Å². The average Bonchev–Trinajstić information content (AvgIpc) is 1.86. The van der Waals surface area contributed by atoms with Gasteiger partial charge in [-0.05, 0) is 31.1 Å². The second-order valence-electron chi connectivity index (χ2n) is 3.93. The Morgan fingerprint density at radius 3 is 3.00 bits per heavy atom. The van der Waals surface area contributed by atoms with Gasteiger partial charge in [-0.15, -0.1) is 0 Å². The molecule has 0 aromatic heterocycles. The SMILES string of the molecule is C=C1CCCC(C)(CC#N)C1. The van der Waals surface area contributed by atoms with E-state index in [1.165, 1.54) is 24.8 Å². The number of rotatable bonds is 1. The second-order valence-corrected chi connectivity index (χ2v) is 3.93. The summed E-state index contributed by atoms with van der Waals surface area (Å²) < 4.78 is 0. The second kappa shape index (κ2) is 3.09. The molecule has 1 nitrogen and oxygen atoms in total. The van der Waals surface area contributed by atoms with Gasteiger partial charge < -0.3 is 0 Å². The molecule has 0 aromatic rings. The molecule has 1 fully saturated rings. The Balaban J connectivity index is 2.56. The molecule has 60 valence electrons. The maximum atomic E-state index is 8.59. The summed E-state index contributed by atoms with van der Waals surface area (Å²) >= 11 is 0. The van der Waals surface area contributed by atoms with Crippen molar-refractivity contribution in [3.8, 4) is 6.07 Å². The molecule has 1 rings (SSSR count). The lowest BCUT2D eigenvalue weighted by Crippen LogP contribution is -2.20. The Morgan fingerprint density at radius 1 is 1.73 bits per heavy atom. The fourth-order valence-electron chi connectivity index (χ4n) is 1.89. The number of hydrogen-bond acceptors (Lipinski definition) is 1. The molecule has 1 heteroatoms. The largest absolute Gasteiger partial charge is 0.198 e. The molecule has 0 N–H and O–H groups in total. The van der Waals surface area contributed by atoms with Gasteiger partial charge in [-0.1, -0.05) is 19.1 Å². The first-order chi connectivity index (χ1) is 5.16. The van der Waals surface area contributed by atoms with Crippen LogP contribution in [0.15, 0.2) is 12.2 Å². The van der Waals surface area contributed by atoms with Crippen LogP contribution in [0, 0.1) is 16.7 Å². The van der Waals surface area contributed by atoms with Crippen LogP contribution in [-0.4, -0.2) is 0 Å². The number of nitriles is 1. The Bertz CT molecular complexity index is 199. The Labute approximate surface area is 68.7 Å². The van der Waals surface area contributed by atoms with E-state index in [4.69, 9.17) is 5.26 Å². The van der Waals surface area contributed by atoms with Gasteiger partial charge in [-0.25, -0.2) is 0 Å². The first-order valence-electron chi connectivity index (χ1n) is 4.20. The third kappa shape index (κ3) is 2.08. The molecule has 0 aromatic carbocycles. The standard InChI is InChI=1S/C10H15N/c1-9-4-3-5-10(2,8-9)6-7-11/h1,3-6,8H2,2H3. The number of nitrogens with zero attached hydrogens (tertiary/aromatic N) is 1. The molecular weight excluding hydrogens is 134 g/mol. The Hall–Kier alpha value is -0.770. The van der Waals surface area contributed by atoms with Crippen molar-refractivity contribution in [2.24, 2.45) is 5.41 Å². The number of hydrogen-bond donors (Lipinski definition) is 0. The molecule has 1 aliphatic carbocycles. The van der Waals surface area contributed by atoms with E-state index >= 15 is 0 Å². The lowest BCUT2D eigenvalue weighted by atomic mass is 9.72. The summed E-state index contributed by atoms with van der Waals surface area (Å²) in [4.78, 5) is 0. The van der Waals surface area contributed by atoms with E-state index in [0.717, 1.165) is 6.42 Å². The molecule has 0 amide bonds. The summed E-state index contributed by atoms with van der Waals surface area (Å²) in [7, 11) is 0. The van der Waals surface area contributed by atoms with Gasteiger partial charge in [0, 0.05) is 6.42 Å². The minimum atomic E-state index is 0.240. The lowest BCUT2D eigenvalue weighted by molar-refractivity contribution is 0.263. The summed E-state index contributed by atoms with van der Waals surface area (Å²) in [6, 6.07) is 2.26. The zero-order chi connectivity index (χ0) is 8.32. The molecule has 1 saturated carbocycles. The maximum absolute atomic E-state index is 8.59. The monoisotopic (exact) mass is 149 g/mol. The third-order valence-corrected chi connectivity index (χ3v) is 2.49. The topological polar surface area (TPSA) is 23.8 Å². The minimum Gasteiger partial charge on any atom is -0.198 e. The molecule has 0 bridgehead atoms. The zero-order valence-electron chi connectivity index (χ0n) is 7.19. The zero-order valence-corrected chi connectivity index (χ0v) is 7.19. The number of allylic oxidation sites excluding steroid dienone is 1. The van der Waals surface area contributed by atoms with Crippen LogP contribution in [0.4, 0.5) is 0 Å². The van der Waals surface area contributed by atoms with Crippen molar-refractivity contribution in [3.63, 3.8) is 0 Å². The molecular formula is C10H15N. The van der Waals surface area contributed by atoms with Crippen LogP contribution in [-0.2, 0) is 0 Å². The van der Waals surface area contributed by atoms with Crippen molar-refractivity contribution in [1.29, 1.82) is 5.26 Å². The van der Waals surface area contributed by atoms with Crippen LogP contribution >= 0.6 is 0 Å². The van der Waals surface area contributed by atoms with Gasteiger partial charge >= 0.3 is 0 Å². The first kappa shape index (κ1) is 8.33. The van der Waals surface area contributed by atoms with Gasteiger partial charge in [0.05, 0.1) is 6.07 Å². The third-order valence-electron chi connectivity index (χ3n) is 2.49. The van der Waals surface area contributed by atoms with Crippen LogP contribution in [0.25, 0.3) is 0 Å². The maximum Gasteiger partial charge on any atom is 0.0627 e. The van der Waals surface area contributed by atoms with Crippen molar-refractivity contribution in [2.75, 3.05) is 0 Å². The summed E-state index contributed by atoms with van der Waals surface area (Å²) in [5.74, 6) is 0. The van der Waals surface area contributed by atoms with Crippen molar-refractivity contribution >= 4 is 0 Å². The van der Waals surface area contributed by atoms with Crippen molar-refractivity contribution in [1.82, 2.24) is 0 Å². The van der Waals surface area contributed by atoms with Gasteiger partial charge in [0.2, 0.25) is 0 Å². The molecule has 1 aliphatic rings. The van der Waals surface area contributed by atoms with Crippen molar-refractivity contribution < 1.29 is 0 Å². The highest BCUT2D eigenvalue weighted by molar-refractivity contribution is 5.05. The lowest BCUT2D eigenvalue weighted by Gasteiger charge is -2.32. The predicted octanol–water partition coefficient (Wildman–Crippen LogP) is 3.04. The van der Waals surface area contributed by atoms with E-state index in [-0.39, 0.29) is 5.41 Å². The molecule has 0 spiro atoms. The van der Waals surface area contributed by atoms with E-state index in [1.54, 1.807) is 0 Å². The fraction of sp³-hybridized carbons (Fsp3) is 0.700. The Kier molecular flexibility index (Phi) is 2.34. The van der Waals surface area contributed by atoms with E-state index in [0.29, 0.717) is 6.42 Å². The molecule has 0 heterocycles. The van der Waals surface area contributed by atoms with E-state index in [2.05, 4.69) is 19.6 Å². The smallest absolute Gasteiger partial charge is 0.0627 e. The highest BCUT2D eigenvalue weighted by Gasteiger charge is 2.27. The first-order valence-corrected chi connectivity index (χ1v) is 4.20. The predicted molar refractivity (Wildman–Crippen MR) is 45.9 cm³/mol. The van der Waals surface area contributed by atoms with Crippen LogP contribution in [0.2, 0.25) is 0 Å². The van der Waals surface area contributed by atoms with Crippen LogP contribution < -0.4 is 0 Å². The van der Waals surface area contributed by atoms with Crippen LogP contribution in [0.5, 0.6) is 0 Å². The summed E-state index contributed by atoms with van der Waals surface area (Å²) in [5, 5.41) is 8.59. The molecule has 0 aliphatic heterocycles. The van der Waals surface area contributed by atoms with E-state index in [1.807, 2.05) is 0 Å². The molecule has 0 saturated heterocycles. The van der Waals surface area contributed by atoms with Crippen molar-refractivity contribution in [2.45, 2.75) is 39.0 Å². The van der Waals surface area contributed by atoms with Gasteiger partial charge in [-0.3, -0.25) is 0 Å². The summed E-state index contributed by atoms with van der Waals surface area (Å²) in [6.45, 7) is 6.18. The quantitative estimate of drug-likeness (QED) is 0.526. The Morgan fingerprint density at radius 2 is 2.45 bits per heavy atom. The average molecular weight is 149 g/mol. The van der Waals surface area contributed by atoms with E-state index in [9.17, 15) is 0 Å². The van der Waals surface area contributed by atoms with E-state index < -0.39 is 0 Å². The van der Waals surface area contributed by atoms with Crippen LogP contribution in [0.3, 0.4) is 0 Å². The van der Waals surface area contributed by atoms with Gasteiger partial charge in [0.15, 0.2) is 0 Å². The molecule has 1 atom stereocenters.